The van der Waals surface area contributed by atoms with Gasteiger partial charge in [0.25, 0.3) is 0 Å². The van der Waals surface area contributed by atoms with Gasteiger partial charge in [-0.25, -0.2) is 0 Å². The van der Waals surface area contributed by atoms with E-state index in [0.29, 0.717) is 5.92 Å². The van der Waals surface area contributed by atoms with Crippen molar-refractivity contribution in [3.05, 3.63) is 25.3 Å². The first-order chi connectivity index (χ1) is 23.5. The maximum atomic E-state index is 4.43. The third-order valence-corrected chi connectivity index (χ3v) is 12.2. The van der Waals surface area contributed by atoms with Crippen LogP contribution in [0.25, 0.3) is 0 Å². The first kappa shape index (κ1) is 47.4. The molecule has 0 N–H and O–H groups in total. The highest BCUT2D eigenvalue weighted by atomic mass is 15.4. The lowest BCUT2D eigenvalue weighted by Crippen LogP contribution is -2.67. The molecule has 0 aromatic rings. The summed E-state index contributed by atoms with van der Waals surface area (Å²) in [4.78, 5) is 0. The van der Waals surface area contributed by atoms with Crippen molar-refractivity contribution in [2.45, 2.75) is 252 Å². The lowest BCUT2D eigenvalue weighted by Gasteiger charge is -2.56. The van der Waals surface area contributed by atoms with Gasteiger partial charge in [0.05, 0.1) is 19.6 Å². The van der Waals surface area contributed by atoms with Gasteiger partial charge in [-0.05, 0) is 58.3 Å². The van der Waals surface area contributed by atoms with E-state index in [0.717, 1.165) is 6.42 Å². The summed E-state index contributed by atoms with van der Waals surface area (Å²) in [7, 11) is 0. The van der Waals surface area contributed by atoms with Crippen LogP contribution in [0.5, 0.6) is 0 Å². The van der Waals surface area contributed by atoms with E-state index in [4.69, 9.17) is 0 Å². The molecule has 0 saturated heterocycles. The molecule has 0 spiro atoms. The zero-order valence-electron chi connectivity index (χ0n) is 34.5. The molecule has 0 bridgehead atoms. The van der Waals surface area contributed by atoms with E-state index in [9.17, 15) is 0 Å². The molecule has 48 heavy (non-hydrogen) atoms. The highest BCUT2D eigenvalue weighted by molar-refractivity contribution is 4.94. The van der Waals surface area contributed by atoms with Gasteiger partial charge < -0.3 is 4.48 Å². The zero-order chi connectivity index (χ0) is 35.4. The van der Waals surface area contributed by atoms with Crippen molar-refractivity contribution >= 4 is 0 Å². The molecule has 2 atom stereocenters. The van der Waals surface area contributed by atoms with Crippen LogP contribution in [0.1, 0.15) is 247 Å². The van der Waals surface area contributed by atoms with Crippen LogP contribution >= 0.6 is 0 Å². The first-order valence-electron chi connectivity index (χ1n) is 22.6. The second kappa shape index (κ2) is 34.9. The van der Waals surface area contributed by atoms with Gasteiger partial charge in [0, 0.05) is 12.3 Å². The molecule has 0 heterocycles. The summed E-state index contributed by atoms with van der Waals surface area (Å²) in [6.07, 6.45) is 50.8. The van der Waals surface area contributed by atoms with Gasteiger partial charge in [0.2, 0.25) is 0 Å². The molecule has 0 radical (unpaired) electrons. The van der Waals surface area contributed by atoms with Crippen molar-refractivity contribution in [3.8, 4) is 0 Å². The fourth-order valence-corrected chi connectivity index (χ4v) is 8.84. The lowest BCUT2D eigenvalue weighted by molar-refractivity contribution is -0.979. The third kappa shape index (κ3) is 23.0. The Bertz CT molecular complexity index is 616. The average molecular weight is 673 g/mol. The Morgan fingerprint density at radius 1 is 0.417 bits per heavy atom. The molecule has 0 aliphatic carbocycles. The van der Waals surface area contributed by atoms with Crippen molar-refractivity contribution < 1.29 is 4.48 Å². The summed E-state index contributed by atoms with van der Waals surface area (Å²) in [6.45, 7) is 25.0. The van der Waals surface area contributed by atoms with E-state index in [1.54, 1.807) is 0 Å². The van der Waals surface area contributed by atoms with Crippen LogP contribution in [0.3, 0.4) is 0 Å². The normalized spacial score (nSPS) is 13.9. The molecule has 1 heteroatoms. The van der Waals surface area contributed by atoms with Gasteiger partial charge in [0.1, 0.15) is 5.54 Å². The summed E-state index contributed by atoms with van der Waals surface area (Å²) in [5, 5.41) is 0. The van der Waals surface area contributed by atoms with Gasteiger partial charge in [-0.1, -0.05) is 194 Å². The van der Waals surface area contributed by atoms with Gasteiger partial charge in [-0.2, -0.15) is 0 Å². The van der Waals surface area contributed by atoms with E-state index < -0.39 is 0 Å². The Morgan fingerprint density at radius 2 is 0.708 bits per heavy atom. The SMILES string of the molecule is C=CCC(CCCCCCCC)C(C)(CC=C)[N+](CCCCCCCCCC)(CCCCCCCCCC)CCCCCCCCCC. The molecule has 0 saturated carbocycles. The molecule has 286 valence electrons. The summed E-state index contributed by atoms with van der Waals surface area (Å²) >= 11 is 0. The fourth-order valence-electron chi connectivity index (χ4n) is 8.84. The van der Waals surface area contributed by atoms with Gasteiger partial charge in [0.15, 0.2) is 0 Å². The van der Waals surface area contributed by atoms with Gasteiger partial charge in [-0.15, -0.1) is 13.2 Å². The maximum Gasteiger partial charge on any atom is 0.103 e. The van der Waals surface area contributed by atoms with Crippen molar-refractivity contribution in [1.82, 2.24) is 0 Å². The fraction of sp³-hybridized carbons (Fsp3) is 0.915. The smallest absolute Gasteiger partial charge is 0.103 e. The Labute approximate surface area is 306 Å². The molecule has 0 fully saturated rings. The number of hydrogen-bond donors (Lipinski definition) is 0. The Balaban J connectivity index is 6.02. The summed E-state index contributed by atoms with van der Waals surface area (Å²) in [5.41, 5.74) is 0.253. The van der Waals surface area contributed by atoms with Crippen LogP contribution in [0.15, 0.2) is 25.3 Å². The number of nitrogens with zero attached hydrogens (tertiary/aromatic N) is 1. The van der Waals surface area contributed by atoms with Crippen LogP contribution in [-0.4, -0.2) is 29.7 Å². The monoisotopic (exact) mass is 673 g/mol. The Kier molecular flexibility index (Phi) is 34.5. The summed E-state index contributed by atoms with van der Waals surface area (Å²) < 4.78 is 1.36. The maximum absolute atomic E-state index is 4.43. The molecule has 0 aliphatic rings. The molecule has 0 aliphatic heterocycles. The van der Waals surface area contributed by atoms with Crippen molar-refractivity contribution in [3.63, 3.8) is 0 Å². The van der Waals surface area contributed by atoms with Crippen LogP contribution in [0.4, 0.5) is 0 Å². The van der Waals surface area contributed by atoms with Crippen LogP contribution in [0.2, 0.25) is 0 Å². The quantitative estimate of drug-likeness (QED) is 0.0345. The third-order valence-electron chi connectivity index (χ3n) is 12.2. The molecule has 0 amide bonds. The lowest BCUT2D eigenvalue weighted by atomic mass is 9.73. The first-order valence-corrected chi connectivity index (χ1v) is 22.6. The van der Waals surface area contributed by atoms with E-state index >= 15 is 0 Å². The van der Waals surface area contributed by atoms with Crippen LogP contribution < -0.4 is 0 Å². The topological polar surface area (TPSA) is 0 Å². The average Bonchev–Trinajstić information content (AvgIpc) is 3.08. The minimum atomic E-state index is 0.253. The van der Waals surface area contributed by atoms with Crippen molar-refractivity contribution in [2.24, 2.45) is 5.92 Å². The standard InChI is InChI=1S/C47H94N/c1-8-14-18-22-26-29-33-37-43-48(44-38-34-30-27-23-19-15-9-2,45-39-35-31-28-24-20-16-10-3)47(7,42-13-6)46(40-12-5)41-36-32-25-21-17-11-4/h12-13,46H,5-6,8-11,14-45H2,1-4,7H3/q+1. The molecule has 2 unspecified atom stereocenters. The Morgan fingerprint density at radius 3 is 1.00 bits per heavy atom. The molecular formula is C47H94N+. The molecule has 0 aromatic carbocycles. The highest BCUT2D eigenvalue weighted by Gasteiger charge is 2.49. The molecule has 1 nitrogen and oxygen atoms in total. The second-order valence-electron chi connectivity index (χ2n) is 16.4. The number of rotatable bonds is 40. The number of allylic oxidation sites excluding steroid dienone is 1. The molecule has 0 aromatic heterocycles. The van der Waals surface area contributed by atoms with E-state index in [2.05, 4.69) is 59.9 Å². The van der Waals surface area contributed by atoms with E-state index in [-0.39, 0.29) is 5.54 Å². The Hall–Kier alpha value is -0.560. The van der Waals surface area contributed by atoms with Crippen LogP contribution in [-0.2, 0) is 0 Å². The minimum absolute atomic E-state index is 0.253. The number of quaternary nitrogens is 1. The van der Waals surface area contributed by atoms with Gasteiger partial charge >= 0.3 is 0 Å². The second-order valence-corrected chi connectivity index (χ2v) is 16.4. The molecule has 0 rings (SSSR count). The summed E-state index contributed by atoms with van der Waals surface area (Å²) in [6, 6.07) is 0. The van der Waals surface area contributed by atoms with E-state index in [1.807, 2.05) is 0 Å². The zero-order valence-corrected chi connectivity index (χ0v) is 34.5. The van der Waals surface area contributed by atoms with Gasteiger partial charge in [-0.3, -0.25) is 0 Å². The number of hydrogen-bond acceptors (Lipinski definition) is 0. The van der Waals surface area contributed by atoms with Crippen molar-refractivity contribution in [1.29, 1.82) is 0 Å². The number of unbranched alkanes of at least 4 members (excludes halogenated alkanes) is 26. The van der Waals surface area contributed by atoms with Crippen LogP contribution in [0, 0.1) is 5.92 Å². The predicted molar refractivity (Wildman–Crippen MR) is 222 cm³/mol. The van der Waals surface area contributed by atoms with Crippen molar-refractivity contribution in [2.75, 3.05) is 19.6 Å². The largest absolute Gasteiger partial charge is 0.318 e. The molecular weight excluding hydrogens is 579 g/mol. The highest BCUT2D eigenvalue weighted by Crippen LogP contribution is 2.42. The summed E-state index contributed by atoms with van der Waals surface area (Å²) in [5.74, 6) is 0.705. The van der Waals surface area contributed by atoms with E-state index in [1.165, 1.54) is 230 Å². The predicted octanol–water partition coefficient (Wildman–Crippen LogP) is 16.5. The minimum Gasteiger partial charge on any atom is -0.318 e.